The third-order valence-corrected chi connectivity index (χ3v) is 2.56. The van der Waals surface area contributed by atoms with Crippen LogP contribution in [-0.2, 0) is 9.53 Å². The molecule has 0 aromatic carbocycles. The number of rotatable bonds is 8. The van der Waals surface area contributed by atoms with Gasteiger partial charge in [0, 0.05) is 5.38 Å². The van der Waals surface area contributed by atoms with Crippen molar-refractivity contribution < 1.29 is 9.53 Å². The predicted molar refractivity (Wildman–Crippen MR) is 60.1 cm³/mol. The van der Waals surface area contributed by atoms with E-state index in [2.05, 4.69) is 6.92 Å². The highest BCUT2D eigenvalue weighted by atomic mass is 35.5. The molecular weight excluding hydrogens is 223 g/mol. The minimum atomic E-state index is -0.355. The molecule has 0 aliphatic carbocycles. The summed E-state index contributed by atoms with van der Waals surface area (Å²) in [5.41, 5.74) is 0. The smallest absolute Gasteiger partial charge is 0.320 e. The van der Waals surface area contributed by atoms with Gasteiger partial charge in [0.15, 0.2) is 0 Å². The highest BCUT2D eigenvalue weighted by Gasteiger charge is 2.04. The van der Waals surface area contributed by atoms with Crippen LogP contribution in [0, 0.1) is 0 Å². The molecular formula is C10H18Cl2O2. The van der Waals surface area contributed by atoms with Crippen molar-refractivity contribution in [2.24, 2.45) is 0 Å². The van der Waals surface area contributed by atoms with Crippen LogP contribution in [-0.4, -0.2) is 23.8 Å². The van der Waals surface area contributed by atoms with Gasteiger partial charge in [0.25, 0.3) is 0 Å². The standard InChI is InChI=1S/C10H18Cl2O2/c1-2-3-5-9(12)6-4-7-14-10(13)8-11/h9H,2-8H2,1H3. The summed E-state index contributed by atoms with van der Waals surface area (Å²) in [5.74, 6) is -0.425. The lowest BCUT2D eigenvalue weighted by Gasteiger charge is -2.08. The Hall–Kier alpha value is 0.0500. The molecule has 0 radical (unpaired) electrons. The van der Waals surface area contributed by atoms with E-state index in [1.165, 1.54) is 6.42 Å². The molecule has 0 heterocycles. The SMILES string of the molecule is CCCCC(Cl)CCCOC(=O)CCl. The van der Waals surface area contributed by atoms with E-state index in [0.717, 1.165) is 25.7 Å². The highest BCUT2D eigenvalue weighted by molar-refractivity contribution is 6.26. The zero-order valence-electron chi connectivity index (χ0n) is 8.60. The van der Waals surface area contributed by atoms with Gasteiger partial charge < -0.3 is 4.74 Å². The van der Waals surface area contributed by atoms with Gasteiger partial charge in [0.05, 0.1) is 6.61 Å². The maximum absolute atomic E-state index is 10.6. The van der Waals surface area contributed by atoms with Crippen LogP contribution < -0.4 is 0 Å². The summed E-state index contributed by atoms with van der Waals surface area (Å²) in [6.07, 6.45) is 5.10. The number of unbranched alkanes of at least 4 members (excludes halogenated alkanes) is 1. The molecule has 0 spiro atoms. The molecule has 0 fully saturated rings. The first-order valence-corrected chi connectivity index (χ1v) is 6.03. The van der Waals surface area contributed by atoms with E-state index in [1.54, 1.807) is 0 Å². The molecule has 0 N–H and O–H groups in total. The molecule has 84 valence electrons. The molecule has 1 unspecified atom stereocenters. The zero-order valence-corrected chi connectivity index (χ0v) is 10.1. The summed E-state index contributed by atoms with van der Waals surface area (Å²) in [6.45, 7) is 2.58. The van der Waals surface area contributed by atoms with Gasteiger partial charge in [0.2, 0.25) is 0 Å². The number of hydrogen-bond acceptors (Lipinski definition) is 2. The van der Waals surface area contributed by atoms with Gasteiger partial charge in [-0.05, 0) is 19.3 Å². The van der Waals surface area contributed by atoms with Gasteiger partial charge in [-0.2, -0.15) is 0 Å². The van der Waals surface area contributed by atoms with Crippen LogP contribution in [0.4, 0.5) is 0 Å². The van der Waals surface area contributed by atoms with Crippen molar-refractivity contribution >= 4 is 29.2 Å². The van der Waals surface area contributed by atoms with Crippen molar-refractivity contribution in [3.05, 3.63) is 0 Å². The summed E-state index contributed by atoms with van der Waals surface area (Å²) < 4.78 is 4.82. The normalized spacial score (nSPS) is 12.5. The quantitative estimate of drug-likeness (QED) is 0.370. The number of ether oxygens (including phenoxy) is 1. The third kappa shape index (κ3) is 8.64. The average Bonchev–Trinajstić information content (AvgIpc) is 2.21. The van der Waals surface area contributed by atoms with Crippen LogP contribution >= 0.6 is 23.2 Å². The molecule has 0 aromatic rings. The largest absolute Gasteiger partial charge is 0.465 e. The molecule has 0 bridgehead atoms. The van der Waals surface area contributed by atoms with Crippen LogP contribution in [0.15, 0.2) is 0 Å². The fourth-order valence-corrected chi connectivity index (χ4v) is 1.49. The second-order valence-electron chi connectivity index (χ2n) is 3.24. The number of carbonyl (C=O) groups excluding carboxylic acids is 1. The number of halogens is 2. The fraction of sp³-hybridized carbons (Fsp3) is 0.900. The van der Waals surface area contributed by atoms with Gasteiger partial charge in [-0.3, -0.25) is 4.79 Å². The van der Waals surface area contributed by atoms with Crippen molar-refractivity contribution in [3.63, 3.8) is 0 Å². The van der Waals surface area contributed by atoms with Gasteiger partial charge in [0.1, 0.15) is 5.88 Å². The Balaban J connectivity index is 3.22. The van der Waals surface area contributed by atoms with E-state index in [0.29, 0.717) is 6.61 Å². The maximum atomic E-state index is 10.6. The predicted octanol–water partition coefficient (Wildman–Crippen LogP) is 3.35. The molecule has 0 aliphatic rings. The van der Waals surface area contributed by atoms with Gasteiger partial charge >= 0.3 is 5.97 Å². The number of hydrogen-bond donors (Lipinski definition) is 0. The van der Waals surface area contributed by atoms with Crippen LogP contribution in [0.25, 0.3) is 0 Å². The Bertz CT molecular complexity index is 151. The third-order valence-electron chi connectivity index (χ3n) is 1.90. The van der Waals surface area contributed by atoms with Crippen LogP contribution in [0.5, 0.6) is 0 Å². The van der Waals surface area contributed by atoms with Crippen molar-refractivity contribution in [1.82, 2.24) is 0 Å². The lowest BCUT2D eigenvalue weighted by molar-refractivity contribution is -0.140. The van der Waals surface area contributed by atoms with E-state index in [1.807, 2.05) is 0 Å². The summed E-state index contributed by atoms with van der Waals surface area (Å²) in [7, 11) is 0. The summed E-state index contributed by atoms with van der Waals surface area (Å²) >= 11 is 11.3. The molecule has 0 aromatic heterocycles. The number of esters is 1. The molecule has 0 amide bonds. The molecule has 0 rings (SSSR count). The Morgan fingerprint density at radius 3 is 2.57 bits per heavy atom. The van der Waals surface area contributed by atoms with Crippen molar-refractivity contribution in [3.8, 4) is 0 Å². The average molecular weight is 241 g/mol. The number of carbonyl (C=O) groups is 1. The van der Waals surface area contributed by atoms with Crippen molar-refractivity contribution in [2.75, 3.05) is 12.5 Å². The van der Waals surface area contributed by atoms with E-state index in [-0.39, 0.29) is 17.2 Å². The Labute approximate surface area is 95.9 Å². The molecule has 14 heavy (non-hydrogen) atoms. The van der Waals surface area contributed by atoms with E-state index in [4.69, 9.17) is 27.9 Å². The molecule has 4 heteroatoms. The van der Waals surface area contributed by atoms with Gasteiger partial charge in [-0.15, -0.1) is 23.2 Å². The summed E-state index contributed by atoms with van der Waals surface area (Å²) in [4.78, 5) is 10.6. The molecule has 0 aliphatic heterocycles. The number of alkyl halides is 2. The lowest BCUT2D eigenvalue weighted by Crippen LogP contribution is -2.08. The summed E-state index contributed by atoms with van der Waals surface area (Å²) in [6, 6.07) is 0. The molecule has 2 nitrogen and oxygen atoms in total. The van der Waals surface area contributed by atoms with Crippen molar-refractivity contribution in [2.45, 2.75) is 44.4 Å². The first kappa shape index (κ1) is 14.1. The first-order valence-electron chi connectivity index (χ1n) is 5.06. The van der Waals surface area contributed by atoms with E-state index in [9.17, 15) is 4.79 Å². The van der Waals surface area contributed by atoms with Crippen LogP contribution in [0.1, 0.15) is 39.0 Å². The fourth-order valence-electron chi connectivity index (χ4n) is 1.10. The monoisotopic (exact) mass is 240 g/mol. The molecule has 0 saturated heterocycles. The Morgan fingerprint density at radius 2 is 2.00 bits per heavy atom. The van der Waals surface area contributed by atoms with Gasteiger partial charge in [-0.1, -0.05) is 19.8 Å². The highest BCUT2D eigenvalue weighted by Crippen LogP contribution is 2.13. The lowest BCUT2D eigenvalue weighted by atomic mass is 10.1. The first-order chi connectivity index (χ1) is 6.70. The van der Waals surface area contributed by atoms with Gasteiger partial charge in [-0.25, -0.2) is 0 Å². The molecule has 0 saturated carbocycles. The van der Waals surface area contributed by atoms with Crippen molar-refractivity contribution in [1.29, 1.82) is 0 Å². The topological polar surface area (TPSA) is 26.3 Å². The second-order valence-corrected chi connectivity index (χ2v) is 4.12. The Morgan fingerprint density at radius 1 is 1.36 bits per heavy atom. The maximum Gasteiger partial charge on any atom is 0.320 e. The van der Waals surface area contributed by atoms with E-state index >= 15 is 0 Å². The minimum absolute atomic E-state index is 0.0693. The Kier molecular flexibility index (Phi) is 9.63. The second kappa shape index (κ2) is 9.60. The van der Waals surface area contributed by atoms with Crippen LogP contribution in [0.2, 0.25) is 0 Å². The van der Waals surface area contributed by atoms with E-state index < -0.39 is 0 Å². The minimum Gasteiger partial charge on any atom is -0.465 e. The summed E-state index contributed by atoms with van der Waals surface area (Å²) in [5, 5.41) is 0.213. The molecule has 1 atom stereocenters. The van der Waals surface area contributed by atoms with Crippen LogP contribution in [0.3, 0.4) is 0 Å². The zero-order chi connectivity index (χ0) is 10.8.